The average Bonchev–Trinajstić information content (AvgIpc) is 1.59. The van der Waals surface area contributed by atoms with Crippen molar-refractivity contribution in [3.05, 3.63) is 128 Å². The molecule has 4 aromatic carbocycles. The highest BCUT2D eigenvalue weighted by Gasteiger charge is 2.64. The lowest BCUT2D eigenvalue weighted by Gasteiger charge is -2.33. The molecular weight excluding hydrogens is 1680 g/mol. The largest absolute Gasteiger partial charge is 0.519 e. The van der Waals surface area contributed by atoms with Gasteiger partial charge in [-0.05, 0) is 353 Å². The summed E-state index contributed by atoms with van der Waals surface area (Å²) >= 11 is 6.91. The van der Waals surface area contributed by atoms with Crippen molar-refractivity contribution < 1.29 is 81.5 Å². The van der Waals surface area contributed by atoms with E-state index >= 15 is 0 Å². The molecule has 2 N–H and O–H groups in total. The van der Waals surface area contributed by atoms with E-state index in [1.807, 2.05) is 121 Å². The van der Waals surface area contributed by atoms with Gasteiger partial charge < -0.3 is 81.4 Å². The van der Waals surface area contributed by atoms with Gasteiger partial charge in [0.1, 0.15) is 22.4 Å². The van der Waals surface area contributed by atoms with Crippen LogP contribution >= 0.6 is 44.3 Å². The maximum atomic E-state index is 12.2. The summed E-state index contributed by atoms with van der Waals surface area (Å²) in [5, 5.41) is 6.81. The van der Waals surface area contributed by atoms with Gasteiger partial charge in [-0.15, -0.1) is 12.4 Å². The minimum absolute atomic E-state index is 0. The van der Waals surface area contributed by atoms with Gasteiger partial charge in [0.25, 0.3) is 0 Å². The van der Waals surface area contributed by atoms with Crippen LogP contribution in [0, 0.1) is 0 Å². The summed E-state index contributed by atoms with van der Waals surface area (Å²) in [6, 6.07) is 34.6. The Balaban J connectivity index is 0.000000378. The van der Waals surface area contributed by atoms with Gasteiger partial charge in [0.05, 0.1) is 44.8 Å². The number of rotatable bonds is 7. The van der Waals surface area contributed by atoms with Crippen molar-refractivity contribution in [2.75, 3.05) is 52.4 Å². The number of benzene rings is 4. The number of hydrogen-bond donors (Lipinski definition) is 2. The minimum atomic E-state index is -1.06. The van der Waals surface area contributed by atoms with Gasteiger partial charge >= 0.3 is 52.8 Å². The van der Waals surface area contributed by atoms with Crippen molar-refractivity contribution in [2.24, 2.45) is 0 Å². The highest BCUT2D eigenvalue weighted by molar-refractivity contribution is 9.10. The summed E-state index contributed by atoms with van der Waals surface area (Å²) in [4.78, 5) is 49.9. The van der Waals surface area contributed by atoms with Crippen LogP contribution in [0.15, 0.2) is 106 Å². The third-order valence-corrected chi connectivity index (χ3v) is 24.3. The van der Waals surface area contributed by atoms with E-state index in [4.69, 9.17) is 57.6 Å². The molecule has 0 radical (unpaired) electrons. The summed E-state index contributed by atoms with van der Waals surface area (Å²) in [6.07, 6.45) is 6.42. The molecule has 4 aromatic rings. The molecule has 0 atom stereocenters. The first-order valence-corrected chi connectivity index (χ1v) is 44.8. The quantitative estimate of drug-likeness (QED) is 0.0760. The van der Waals surface area contributed by atoms with Crippen molar-refractivity contribution in [1.29, 1.82) is 0 Å². The molecule has 121 heavy (non-hydrogen) atoms. The van der Waals surface area contributed by atoms with Crippen LogP contribution in [0.25, 0.3) is 0 Å². The number of ether oxygens (including phenoxy) is 5. The van der Waals surface area contributed by atoms with E-state index in [1.165, 1.54) is 65.5 Å². The van der Waals surface area contributed by atoms with E-state index in [0.717, 1.165) is 86.3 Å². The number of hydrogen-bond acceptors (Lipinski definition) is 19. The van der Waals surface area contributed by atoms with Crippen LogP contribution in [0.2, 0.25) is 0 Å². The number of carbonyl (C=O) groups excluding carboxylic acids is 4. The molecule has 0 aromatic heterocycles. The Morgan fingerprint density at radius 2 is 0.562 bits per heavy atom. The molecule has 0 aliphatic carbocycles. The first kappa shape index (κ1) is 109. The zero-order valence-corrected chi connectivity index (χ0v) is 82.9. The standard InChI is InChI=1S/C22H34BNO4.C17H26BNO2.C16H22BrNO2.C12H24B2O4.C11H14BrN.C10H18O5.2C2H6.CH4.ClH/c1-20(2,3)26-19(25)24-14-12-17(13-15-24)16-8-10-18(11-9-16)23-27-21(4,5)22(6,7)28-23;1-16(2)17(3,4)21-18(20-16)15-7-5-13(6-8-15)14-9-11-19-12-10-14;1-16(2,3)20-15(19)18-10-8-13(9-11-18)12-4-6-14(17)7-5-12;1-9(2)10(3,4)16-13(15-9)14-17-11(5,6)12(7,8)18-14;12-11-3-1-9(2-4-11)10-5-7-13-8-6-10;1-9(2,3)14-7(11)13-8(12)15-10(4,5)6;2*1-2;;/h8-11,17H,12-15H2,1-7H3;5-8,14,19H,9-12H2,1-4H3;4-7,13H,8-11H2,1-3H3;1-8H3;1-4,10,13H,5-8H2;1-6H3;2*1-2H3;1H4;1H/i;;;;;;1D;;;. The highest BCUT2D eigenvalue weighted by atomic mass is 79.9. The first-order chi connectivity index (χ1) is 55.3. The number of nitrogens with one attached hydrogen (secondary N) is 2. The van der Waals surface area contributed by atoms with Crippen LogP contribution in [0.1, 0.15) is 328 Å². The Kier molecular flexibility index (Phi) is 41.6. The van der Waals surface area contributed by atoms with Crippen LogP contribution in [0.4, 0.5) is 19.2 Å². The Bertz CT molecular complexity index is 3670. The third kappa shape index (κ3) is 34.4. The molecule has 8 fully saturated rings. The molecule has 8 saturated heterocycles. The Hall–Kier alpha value is -4.73. The van der Waals surface area contributed by atoms with Crippen molar-refractivity contribution in [2.45, 2.75) is 371 Å². The van der Waals surface area contributed by atoms with E-state index in [2.05, 4.69) is 200 Å². The van der Waals surface area contributed by atoms with Gasteiger partial charge in [0, 0.05) is 36.5 Å². The highest BCUT2D eigenvalue weighted by Crippen LogP contribution is 2.44. The molecule has 682 valence electrons. The summed E-state index contributed by atoms with van der Waals surface area (Å²) in [6.45, 7) is 68.2. The SMILES string of the molecule is Brc1ccc(C2CCNCC2)cc1.C.CC.CC(C)(C)OC(=O)N1CCC(c2ccc(B3OC(C)(C)C(C)(C)O3)cc2)CC1.CC(C)(C)OC(=O)N1CCC(c2ccc(Br)cc2)CC1.CC(C)(C)OC(=O)OC(=O)OC(C)(C)C.CC1(C)OB(B2OC(C)(C)C(C)(C)O2)OC1(C)C.CC1(C)OB(c2ccc(C3CCNCC3)cc2)OC1(C)C.Cl.[2H]CC. The fraction of sp³-hybridized carbons (Fsp3) is 0.699. The lowest BCUT2D eigenvalue weighted by atomic mass is 9.49. The zero-order chi connectivity index (χ0) is 90.6. The van der Waals surface area contributed by atoms with Gasteiger partial charge in [0.2, 0.25) is 0 Å². The molecule has 0 unspecified atom stereocenters. The maximum absolute atomic E-state index is 12.2. The fourth-order valence-corrected chi connectivity index (χ4v) is 14.2. The Labute approximate surface area is 756 Å². The fourth-order valence-electron chi connectivity index (χ4n) is 13.6. The number of halogens is 3. The summed E-state index contributed by atoms with van der Waals surface area (Å²) in [5.74, 6) is 2.47. The van der Waals surface area contributed by atoms with Crippen LogP contribution < -0.4 is 21.6 Å². The summed E-state index contributed by atoms with van der Waals surface area (Å²) in [5.41, 5.74) is 2.87. The molecule has 28 heteroatoms. The van der Waals surface area contributed by atoms with Crippen molar-refractivity contribution >= 4 is 108 Å². The monoisotopic (exact) mass is 1840 g/mol. The third-order valence-electron chi connectivity index (χ3n) is 23.2. The predicted octanol–water partition coefficient (Wildman–Crippen LogP) is 22.3. The molecule has 21 nitrogen and oxygen atoms in total. The number of carbonyl (C=O) groups is 4. The number of nitrogens with zero attached hydrogens (tertiary/aromatic N) is 2. The van der Waals surface area contributed by atoms with Gasteiger partial charge in [-0.25, -0.2) is 19.2 Å². The molecule has 8 aliphatic heterocycles. The maximum Gasteiger partial charge on any atom is 0.519 e. The van der Waals surface area contributed by atoms with Gasteiger partial charge in [-0.3, -0.25) is 0 Å². The van der Waals surface area contributed by atoms with Gasteiger partial charge in [-0.2, -0.15) is 0 Å². The second-order valence-corrected chi connectivity index (χ2v) is 41.3. The topological polar surface area (TPSA) is 219 Å². The first-order valence-electron chi connectivity index (χ1n) is 43.9. The summed E-state index contributed by atoms with van der Waals surface area (Å²) in [7, 11) is -1.53. The second kappa shape index (κ2) is 46.3. The van der Waals surface area contributed by atoms with Crippen LogP contribution in [-0.2, 0) is 60.9 Å². The number of piperidine rings is 4. The van der Waals surface area contributed by atoms with Crippen LogP contribution in [0.3, 0.4) is 0 Å². The normalized spacial score (nSPS) is 20.9. The zero-order valence-electron chi connectivity index (χ0n) is 79.9. The van der Waals surface area contributed by atoms with E-state index in [-0.39, 0.29) is 91.1 Å². The van der Waals surface area contributed by atoms with E-state index < -0.39 is 48.7 Å². The Morgan fingerprint density at radius 3 is 0.777 bits per heavy atom. The molecule has 12 rings (SSSR count). The van der Waals surface area contributed by atoms with E-state index in [1.54, 1.807) is 48.5 Å². The minimum Gasteiger partial charge on any atom is -0.444 e. The Morgan fingerprint density at radius 1 is 0.364 bits per heavy atom. The molecule has 0 bridgehead atoms. The van der Waals surface area contributed by atoms with E-state index in [9.17, 15) is 19.2 Å². The smallest absolute Gasteiger partial charge is 0.444 e. The molecule has 8 heterocycles. The molecule has 8 aliphatic rings. The number of amides is 2. The van der Waals surface area contributed by atoms with Gasteiger partial charge in [0.15, 0.2) is 0 Å². The van der Waals surface area contributed by atoms with Crippen molar-refractivity contribution in [1.82, 2.24) is 20.4 Å². The van der Waals surface area contributed by atoms with Crippen LogP contribution in [-0.4, -0.2) is 182 Å². The van der Waals surface area contributed by atoms with E-state index in [0.29, 0.717) is 24.7 Å². The predicted molar refractivity (Wildman–Crippen MR) is 504 cm³/mol. The van der Waals surface area contributed by atoms with Gasteiger partial charge in [-0.1, -0.05) is 140 Å². The second-order valence-electron chi connectivity index (χ2n) is 39.4. The van der Waals surface area contributed by atoms with Crippen molar-refractivity contribution in [3.63, 3.8) is 0 Å². The van der Waals surface area contributed by atoms with Crippen LogP contribution in [0.5, 0.6) is 0 Å². The lowest BCUT2D eigenvalue weighted by molar-refractivity contribution is -0.0295. The molecule has 2 amide bonds. The average molecular weight is 1840 g/mol. The number of likely N-dealkylation sites (tertiary alicyclic amines) is 2. The molecule has 0 saturated carbocycles. The van der Waals surface area contributed by atoms with Crippen molar-refractivity contribution in [3.8, 4) is 0 Å². The molecular formula is C93H155B4Br2ClN4O17. The molecule has 0 spiro atoms. The summed E-state index contributed by atoms with van der Waals surface area (Å²) < 4.78 is 81.5. The lowest BCUT2D eigenvalue weighted by Crippen LogP contribution is -2.41.